The van der Waals surface area contributed by atoms with Crippen molar-refractivity contribution >= 4 is 12.0 Å². The fourth-order valence-electron chi connectivity index (χ4n) is 2.83. The molecule has 2 rings (SSSR count). The van der Waals surface area contributed by atoms with Crippen molar-refractivity contribution in [1.82, 2.24) is 10.2 Å². The summed E-state index contributed by atoms with van der Waals surface area (Å²) in [5.74, 6) is 0.0665. The Bertz CT molecular complexity index is 377. The van der Waals surface area contributed by atoms with Crippen LogP contribution in [0.25, 0.3) is 0 Å². The summed E-state index contributed by atoms with van der Waals surface area (Å²) in [4.78, 5) is 25.2. The van der Waals surface area contributed by atoms with Gasteiger partial charge >= 0.3 is 12.0 Å². The van der Waals surface area contributed by atoms with Crippen molar-refractivity contribution in [1.29, 1.82) is 0 Å². The molecule has 2 aliphatic rings. The Morgan fingerprint density at radius 1 is 1.30 bits per heavy atom. The number of piperidine rings is 1. The van der Waals surface area contributed by atoms with Crippen LogP contribution in [-0.2, 0) is 4.79 Å². The van der Waals surface area contributed by atoms with E-state index in [1.165, 1.54) is 12.8 Å². The molecule has 1 aliphatic carbocycles. The number of carboxylic acid groups (broad SMARTS) is 1. The number of carbonyl (C=O) groups excluding carboxylic acids is 1. The first-order chi connectivity index (χ1) is 9.41. The van der Waals surface area contributed by atoms with Crippen LogP contribution in [0.2, 0.25) is 0 Å². The number of nitrogens with zero attached hydrogens (tertiary/aromatic N) is 1. The Morgan fingerprint density at radius 3 is 2.60 bits per heavy atom. The smallest absolute Gasteiger partial charge is 0.317 e. The molecular formula is C15H26N2O3. The lowest BCUT2D eigenvalue weighted by molar-refractivity contribution is -0.151. The minimum Gasteiger partial charge on any atom is -0.481 e. The normalized spacial score (nSPS) is 23.5. The fraction of sp³-hybridized carbons (Fsp3) is 0.867. The average Bonchev–Trinajstić information content (AvgIpc) is 3.22. The van der Waals surface area contributed by atoms with Crippen LogP contribution < -0.4 is 5.32 Å². The number of rotatable bonds is 5. The molecule has 1 saturated heterocycles. The molecule has 1 saturated carbocycles. The highest BCUT2D eigenvalue weighted by molar-refractivity contribution is 5.76. The topological polar surface area (TPSA) is 69.6 Å². The quantitative estimate of drug-likeness (QED) is 0.813. The molecule has 114 valence electrons. The zero-order valence-corrected chi connectivity index (χ0v) is 12.5. The molecule has 2 fully saturated rings. The van der Waals surface area contributed by atoms with Gasteiger partial charge in [-0.05, 0) is 44.9 Å². The zero-order chi connectivity index (χ0) is 14.8. The number of likely N-dealkylation sites (tertiary alicyclic amines) is 1. The third kappa shape index (κ3) is 3.64. The minimum atomic E-state index is -0.779. The van der Waals surface area contributed by atoms with Gasteiger partial charge in [-0.3, -0.25) is 4.79 Å². The lowest BCUT2D eigenvalue weighted by Gasteiger charge is -2.39. The van der Waals surface area contributed by atoms with Gasteiger partial charge in [0, 0.05) is 19.6 Å². The van der Waals surface area contributed by atoms with Gasteiger partial charge in [-0.25, -0.2) is 4.79 Å². The number of aliphatic carboxylic acids is 1. The molecule has 1 unspecified atom stereocenters. The summed E-state index contributed by atoms with van der Waals surface area (Å²) in [7, 11) is 0. The maximum absolute atomic E-state index is 12.1. The first kappa shape index (κ1) is 15.1. The third-order valence-corrected chi connectivity index (χ3v) is 4.81. The van der Waals surface area contributed by atoms with Crippen LogP contribution in [0.4, 0.5) is 4.79 Å². The summed E-state index contributed by atoms with van der Waals surface area (Å²) in [5, 5.41) is 12.3. The molecule has 2 amide bonds. The molecule has 5 nitrogen and oxygen atoms in total. The van der Waals surface area contributed by atoms with E-state index in [2.05, 4.69) is 5.32 Å². The molecule has 1 heterocycles. The van der Waals surface area contributed by atoms with Gasteiger partial charge in [-0.15, -0.1) is 0 Å². The Morgan fingerprint density at radius 2 is 2.00 bits per heavy atom. The van der Waals surface area contributed by atoms with Gasteiger partial charge in [0.15, 0.2) is 0 Å². The predicted octanol–water partition coefficient (Wildman–Crippen LogP) is 2.32. The van der Waals surface area contributed by atoms with Crippen LogP contribution in [0.5, 0.6) is 0 Å². The molecule has 20 heavy (non-hydrogen) atoms. The van der Waals surface area contributed by atoms with Crippen molar-refractivity contribution in [2.45, 2.75) is 46.0 Å². The number of hydrogen-bond acceptors (Lipinski definition) is 2. The second-order valence-electron chi connectivity index (χ2n) is 6.78. The molecule has 0 aromatic carbocycles. The standard InChI is InChI=1S/C15H26N2O3/c1-15(2,13(18)19)12-4-3-9-17(10-12)14(20)16-8-7-11-5-6-11/h11-12H,3-10H2,1-2H3,(H,16,20)(H,18,19). The first-order valence-corrected chi connectivity index (χ1v) is 7.67. The summed E-state index contributed by atoms with van der Waals surface area (Å²) in [6.45, 7) is 5.55. The van der Waals surface area contributed by atoms with Gasteiger partial charge in [-0.1, -0.05) is 12.8 Å². The van der Waals surface area contributed by atoms with Crippen LogP contribution in [0.3, 0.4) is 0 Å². The van der Waals surface area contributed by atoms with Gasteiger partial charge in [0.05, 0.1) is 5.41 Å². The Balaban J connectivity index is 1.82. The number of amides is 2. The molecule has 0 aromatic heterocycles. The fourth-order valence-corrected chi connectivity index (χ4v) is 2.83. The summed E-state index contributed by atoms with van der Waals surface area (Å²) in [6.07, 6.45) is 5.44. The number of carbonyl (C=O) groups is 2. The summed E-state index contributed by atoms with van der Waals surface area (Å²) in [6, 6.07) is -0.0310. The largest absolute Gasteiger partial charge is 0.481 e. The van der Waals surface area contributed by atoms with Crippen LogP contribution in [0, 0.1) is 17.3 Å². The second-order valence-corrected chi connectivity index (χ2v) is 6.78. The van der Waals surface area contributed by atoms with E-state index < -0.39 is 11.4 Å². The maximum atomic E-state index is 12.1. The first-order valence-electron chi connectivity index (χ1n) is 7.67. The van der Waals surface area contributed by atoms with E-state index in [1.807, 2.05) is 0 Å². The number of hydrogen-bond donors (Lipinski definition) is 2. The van der Waals surface area contributed by atoms with Crippen LogP contribution in [0.15, 0.2) is 0 Å². The molecule has 0 aromatic rings. The summed E-state index contributed by atoms with van der Waals surface area (Å²) >= 11 is 0. The highest BCUT2D eigenvalue weighted by Gasteiger charge is 2.40. The Hall–Kier alpha value is -1.26. The monoisotopic (exact) mass is 282 g/mol. The number of urea groups is 1. The Kier molecular flexibility index (Phi) is 4.55. The SMILES string of the molecule is CC(C)(C(=O)O)C1CCCN(C(=O)NCCC2CC2)C1. The van der Waals surface area contributed by atoms with Crippen molar-refractivity contribution in [3.8, 4) is 0 Å². The van der Waals surface area contributed by atoms with E-state index in [1.54, 1.807) is 18.7 Å². The molecule has 5 heteroatoms. The van der Waals surface area contributed by atoms with Gasteiger partial charge in [0.25, 0.3) is 0 Å². The van der Waals surface area contributed by atoms with Crippen molar-refractivity contribution in [2.24, 2.45) is 17.3 Å². The van der Waals surface area contributed by atoms with Crippen LogP contribution in [-0.4, -0.2) is 41.6 Å². The lowest BCUT2D eigenvalue weighted by Crippen LogP contribution is -2.50. The highest BCUT2D eigenvalue weighted by atomic mass is 16.4. The predicted molar refractivity (Wildman–Crippen MR) is 76.5 cm³/mol. The van der Waals surface area contributed by atoms with E-state index in [0.717, 1.165) is 38.3 Å². The molecule has 1 aliphatic heterocycles. The molecule has 0 spiro atoms. The molecule has 2 N–H and O–H groups in total. The van der Waals surface area contributed by atoms with Gasteiger partial charge in [-0.2, -0.15) is 0 Å². The van der Waals surface area contributed by atoms with E-state index in [9.17, 15) is 14.7 Å². The van der Waals surface area contributed by atoms with E-state index in [4.69, 9.17) is 0 Å². The van der Waals surface area contributed by atoms with Crippen LogP contribution >= 0.6 is 0 Å². The minimum absolute atomic E-state index is 0.0305. The van der Waals surface area contributed by atoms with Gasteiger partial charge < -0.3 is 15.3 Å². The number of nitrogens with one attached hydrogen (secondary N) is 1. The summed E-state index contributed by atoms with van der Waals surface area (Å²) < 4.78 is 0. The average molecular weight is 282 g/mol. The van der Waals surface area contributed by atoms with Crippen molar-refractivity contribution < 1.29 is 14.7 Å². The molecule has 1 atom stereocenters. The Labute approximate surface area is 120 Å². The lowest BCUT2D eigenvalue weighted by atomic mass is 9.74. The van der Waals surface area contributed by atoms with E-state index >= 15 is 0 Å². The number of carboxylic acids is 1. The van der Waals surface area contributed by atoms with Crippen molar-refractivity contribution in [2.75, 3.05) is 19.6 Å². The molecule has 0 bridgehead atoms. The summed E-state index contributed by atoms with van der Waals surface area (Å²) in [5.41, 5.74) is -0.771. The van der Waals surface area contributed by atoms with Gasteiger partial charge in [0.2, 0.25) is 0 Å². The highest BCUT2D eigenvalue weighted by Crippen LogP contribution is 2.34. The van der Waals surface area contributed by atoms with Crippen molar-refractivity contribution in [3.05, 3.63) is 0 Å². The second kappa shape index (κ2) is 6.02. The van der Waals surface area contributed by atoms with Crippen molar-refractivity contribution in [3.63, 3.8) is 0 Å². The van der Waals surface area contributed by atoms with E-state index in [0.29, 0.717) is 6.54 Å². The van der Waals surface area contributed by atoms with E-state index in [-0.39, 0.29) is 11.9 Å². The maximum Gasteiger partial charge on any atom is 0.317 e. The third-order valence-electron chi connectivity index (χ3n) is 4.81. The molecule has 0 radical (unpaired) electrons. The molecular weight excluding hydrogens is 256 g/mol. The van der Waals surface area contributed by atoms with Crippen LogP contribution in [0.1, 0.15) is 46.0 Å². The van der Waals surface area contributed by atoms with Gasteiger partial charge in [0.1, 0.15) is 0 Å². The zero-order valence-electron chi connectivity index (χ0n) is 12.5.